The van der Waals surface area contributed by atoms with E-state index in [1.54, 1.807) is 0 Å². The van der Waals surface area contributed by atoms with Crippen LogP contribution in [0.5, 0.6) is 0 Å². The molecule has 1 heterocycles. The van der Waals surface area contributed by atoms with E-state index in [2.05, 4.69) is 47.4 Å². The van der Waals surface area contributed by atoms with Crippen molar-refractivity contribution in [2.75, 3.05) is 38.2 Å². The number of hydrogen-bond acceptors (Lipinski definition) is 4. The average Bonchev–Trinajstić information content (AvgIpc) is 3.00. The monoisotopic (exact) mass is 316 g/mol. The molecule has 3 N–H and O–H groups in total. The van der Waals surface area contributed by atoms with E-state index in [1.165, 1.54) is 50.6 Å². The molecule has 1 aliphatic heterocycles. The lowest BCUT2D eigenvalue weighted by Gasteiger charge is -2.25. The van der Waals surface area contributed by atoms with Gasteiger partial charge in [0.05, 0.1) is 11.4 Å². The Bertz CT molecular complexity index is 508. The molecule has 1 saturated heterocycles. The number of nitrogens with two attached hydrogens (primary N) is 1. The number of anilines is 2. The lowest BCUT2D eigenvalue weighted by molar-refractivity contribution is 0.265. The normalized spacial score (nSPS) is 23.5. The molecule has 1 aromatic rings. The van der Waals surface area contributed by atoms with Gasteiger partial charge in [0.1, 0.15) is 0 Å². The highest BCUT2D eigenvalue weighted by Crippen LogP contribution is 2.27. The van der Waals surface area contributed by atoms with Crippen molar-refractivity contribution in [1.29, 1.82) is 0 Å². The number of rotatable bonds is 5. The maximum Gasteiger partial charge on any atom is 0.0576 e. The molecule has 3 rings (SSSR count). The van der Waals surface area contributed by atoms with Crippen LogP contribution in [0.4, 0.5) is 11.4 Å². The molecule has 0 aromatic heterocycles. The molecule has 4 nitrogen and oxygen atoms in total. The molecule has 0 amide bonds. The number of nitrogens with one attached hydrogen (secondary N) is 1. The summed E-state index contributed by atoms with van der Waals surface area (Å²) in [6.45, 7) is 3.36. The predicted molar refractivity (Wildman–Crippen MR) is 98.7 cm³/mol. The van der Waals surface area contributed by atoms with Gasteiger partial charge in [-0.15, -0.1) is 0 Å². The van der Waals surface area contributed by atoms with Crippen LogP contribution in [-0.4, -0.2) is 49.1 Å². The van der Waals surface area contributed by atoms with Gasteiger partial charge >= 0.3 is 0 Å². The molecule has 23 heavy (non-hydrogen) atoms. The van der Waals surface area contributed by atoms with Crippen molar-refractivity contribution in [2.24, 2.45) is 0 Å². The molecule has 2 aliphatic rings. The lowest BCUT2D eigenvalue weighted by atomic mass is 9.95. The zero-order valence-corrected chi connectivity index (χ0v) is 14.7. The molecule has 1 saturated carbocycles. The fraction of sp³-hybridized carbons (Fsp3) is 0.684. The van der Waals surface area contributed by atoms with Crippen LogP contribution in [0.15, 0.2) is 18.2 Å². The van der Waals surface area contributed by atoms with Crippen molar-refractivity contribution in [3.8, 4) is 0 Å². The summed E-state index contributed by atoms with van der Waals surface area (Å²) in [4.78, 5) is 4.87. The van der Waals surface area contributed by atoms with Crippen molar-refractivity contribution >= 4 is 11.4 Å². The molecular weight excluding hydrogens is 284 g/mol. The Balaban J connectivity index is 1.56. The molecule has 0 bridgehead atoms. The van der Waals surface area contributed by atoms with E-state index in [4.69, 9.17) is 5.73 Å². The van der Waals surface area contributed by atoms with E-state index in [9.17, 15) is 0 Å². The summed E-state index contributed by atoms with van der Waals surface area (Å²) in [6, 6.07) is 7.88. The fourth-order valence-corrected chi connectivity index (χ4v) is 3.94. The third-order valence-corrected chi connectivity index (χ3v) is 5.46. The smallest absolute Gasteiger partial charge is 0.0576 e. The first-order valence-corrected chi connectivity index (χ1v) is 9.15. The summed E-state index contributed by atoms with van der Waals surface area (Å²) in [5.74, 6) is 0. The van der Waals surface area contributed by atoms with Crippen molar-refractivity contribution in [3.63, 3.8) is 0 Å². The van der Waals surface area contributed by atoms with Gasteiger partial charge in [0.25, 0.3) is 0 Å². The summed E-state index contributed by atoms with van der Waals surface area (Å²) in [5.41, 5.74) is 9.65. The second-order valence-electron chi connectivity index (χ2n) is 7.54. The number of hydrogen-bond donors (Lipinski definition) is 2. The number of likely N-dealkylation sites (N-methyl/N-ethyl adjacent to an activating group) is 1. The Labute approximate surface area is 141 Å². The zero-order chi connectivity index (χ0) is 16.2. The van der Waals surface area contributed by atoms with Crippen molar-refractivity contribution in [3.05, 3.63) is 23.8 Å². The lowest BCUT2D eigenvalue weighted by Crippen LogP contribution is -2.31. The van der Waals surface area contributed by atoms with Crippen molar-refractivity contribution in [2.45, 2.75) is 57.2 Å². The van der Waals surface area contributed by atoms with Crippen LogP contribution in [0.3, 0.4) is 0 Å². The number of likely N-dealkylation sites (tertiary alicyclic amines) is 1. The minimum Gasteiger partial charge on any atom is -0.397 e. The Kier molecular flexibility index (Phi) is 5.44. The molecule has 2 fully saturated rings. The minimum absolute atomic E-state index is 0.608. The highest BCUT2D eigenvalue weighted by Gasteiger charge is 2.23. The van der Waals surface area contributed by atoms with Crippen LogP contribution < -0.4 is 11.1 Å². The summed E-state index contributed by atoms with van der Waals surface area (Å²) in [5, 5.41) is 3.65. The number of nitrogen functional groups attached to an aromatic ring is 1. The predicted octanol–water partition coefficient (Wildman–Crippen LogP) is 3.15. The highest BCUT2D eigenvalue weighted by molar-refractivity contribution is 5.67. The topological polar surface area (TPSA) is 44.5 Å². The van der Waals surface area contributed by atoms with Gasteiger partial charge in [-0.2, -0.15) is 0 Å². The molecule has 1 aromatic carbocycles. The van der Waals surface area contributed by atoms with Crippen LogP contribution >= 0.6 is 0 Å². The molecule has 1 atom stereocenters. The first-order chi connectivity index (χ1) is 11.1. The van der Waals surface area contributed by atoms with Gasteiger partial charge in [0.2, 0.25) is 0 Å². The quantitative estimate of drug-likeness (QED) is 0.819. The van der Waals surface area contributed by atoms with E-state index in [0.717, 1.165) is 24.5 Å². The maximum absolute atomic E-state index is 6.30. The van der Waals surface area contributed by atoms with E-state index < -0.39 is 0 Å². The second kappa shape index (κ2) is 7.54. The van der Waals surface area contributed by atoms with Crippen LogP contribution in [0.25, 0.3) is 0 Å². The first kappa shape index (κ1) is 16.6. The average molecular weight is 316 g/mol. The summed E-state index contributed by atoms with van der Waals surface area (Å²) in [7, 11) is 4.36. The van der Waals surface area contributed by atoms with E-state index >= 15 is 0 Å². The third kappa shape index (κ3) is 4.39. The maximum atomic E-state index is 6.30. The Morgan fingerprint density at radius 1 is 1.17 bits per heavy atom. The molecule has 0 spiro atoms. The molecule has 0 radical (unpaired) electrons. The highest BCUT2D eigenvalue weighted by atomic mass is 15.2. The van der Waals surface area contributed by atoms with Crippen LogP contribution in [-0.2, 0) is 6.54 Å². The standard InChI is InChI=1S/C19H32N4/c1-22(2)17-10-11-23(14-17)13-15-8-9-19(18(20)12-15)21-16-6-4-3-5-7-16/h8-9,12,16-17,21H,3-7,10-11,13-14,20H2,1-2H3/t17-/m0/s1. The van der Waals surface area contributed by atoms with Crippen LogP contribution in [0, 0.1) is 0 Å². The number of nitrogens with zero attached hydrogens (tertiary/aromatic N) is 2. The van der Waals surface area contributed by atoms with Crippen LogP contribution in [0.1, 0.15) is 44.1 Å². The van der Waals surface area contributed by atoms with E-state index in [0.29, 0.717) is 12.1 Å². The summed E-state index contributed by atoms with van der Waals surface area (Å²) in [6.07, 6.45) is 7.90. The summed E-state index contributed by atoms with van der Waals surface area (Å²) >= 11 is 0. The van der Waals surface area contributed by atoms with Gasteiger partial charge in [-0.25, -0.2) is 0 Å². The van der Waals surface area contributed by atoms with Gasteiger partial charge in [0, 0.05) is 31.7 Å². The van der Waals surface area contributed by atoms with Crippen molar-refractivity contribution < 1.29 is 0 Å². The third-order valence-electron chi connectivity index (χ3n) is 5.46. The second-order valence-corrected chi connectivity index (χ2v) is 7.54. The van der Waals surface area contributed by atoms with Crippen LogP contribution in [0.2, 0.25) is 0 Å². The Hall–Kier alpha value is -1.26. The molecule has 0 unspecified atom stereocenters. The molecular formula is C19H32N4. The van der Waals surface area contributed by atoms with Gasteiger partial charge < -0.3 is 16.0 Å². The molecule has 1 aliphatic carbocycles. The van der Waals surface area contributed by atoms with E-state index in [-0.39, 0.29) is 0 Å². The first-order valence-electron chi connectivity index (χ1n) is 9.15. The summed E-state index contributed by atoms with van der Waals surface area (Å²) < 4.78 is 0. The van der Waals surface area contributed by atoms with Gasteiger partial charge in [0.15, 0.2) is 0 Å². The van der Waals surface area contributed by atoms with Gasteiger partial charge in [-0.05, 0) is 51.1 Å². The Morgan fingerprint density at radius 2 is 1.96 bits per heavy atom. The van der Waals surface area contributed by atoms with Gasteiger partial charge in [-0.1, -0.05) is 25.3 Å². The fourth-order valence-electron chi connectivity index (χ4n) is 3.94. The van der Waals surface area contributed by atoms with E-state index in [1.807, 2.05) is 0 Å². The Morgan fingerprint density at radius 3 is 2.61 bits per heavy atom. The van der Waals surface area contributed by atoms with Gasteiger partial charge in [-0.3, -0.25) is 4.90 Å². The molecule has 128 valence electrons. The zero-order valence-electron chi connectivity index (χ0n) is 14.7. The molecule has 4 heteroatoms. The SMILES string of the molecule is CN(C)[C@H]1CCN(Cc2ccc(NC3CCCCC3)c(N)c2)C1. The largest absolute Gasteiger partial charge is 0.397 e. The minimum atomic E-state index is 0.608. The number of benzene rings is 1. The van der Waals surface area contributed by atoms with Crippen molar-refractivity contribution in [1.82, 2.24) is 9.80 Å².